The molecule has 0 N–H and O–H groups in total. The number of ether oxygens (including phenoxy) is 2. The molecule has 0 aliphatic carbocycles. The Morgan fingerprint density at radius 3 is 2.94 bits per heavy atom. The van der Waals surface area contributed by atoms with Crippen LogP contribution in [0.5, 0.6) is 5.75 Å². The van der Waals surface area contributed by atoms with Gasteiger partial charge < -0.3 is 9.47 Å². The highest BCUT2D eigenvalue weighted by Crippen LogP contribution is 2.42. The van der Waals surface area contributed by atoms with Gasteiger partial charge in [-0.15, -0.1) is 0 Å². The van der Waals surface area contributed by atoms with Gasteiger partial charge in [0.1, 0.15) is 12.4 Å². The van der Waals surface area contributed by atoms with E-state index in [1.54, 1.807) is 7.11 Å². The summed E-state index contributed by atoms with van der Waals surface area (Å²) in [6, 6.07) is 4.31. The van der Waals surface area contributed by atoms with Crippen molar-refractivity contribution in [2.24, 2.45) is 0 Å². The van der Waals surface area contributed by atoms with Crippen LogP contribution in [0, 0.1) is 6.92 Å². The highest BCUT2D eigenvalue weighted by Gasteiger charge is 2.25. The van der Waals surface area contributed by atoms with Crippen molar-refractivity contribution < 1.29 is 9.47 Å². The maximum absolute atomic E-state index is 5.72. The van der Waals surface area contributed by atoms with E-state index in [-0.39, 0.29) is 6.10 Å². The summed E-state index contributed by atoms with van der Waals surface area (Å²) in [6.07, 6.45) is 1.15. The zero-order chi connectivity index (χ0) is 11.7. The van der Waals surface area contributed by atoms with E-state index >= 15 is 0 Å². The van der Waals surface area contributed by atoms with Crippen molar-refractivity contribution in [3.05, 3.63) is 28.8 Å². The first-order chi connectivity index (χ1) is 7.69. The van der Waals surface area contributed by atoms with Gasteiger partial charge >= 0.3 is 0 Å². The average Bonchev–Trinajstić information content (AvgIpc) is 2.66. The van der Waals surface area contributed by atoms with E-state index in [0.29, 0.717) is 4.83 Å². The maximum Gasteiger partial charge on any atom is 0.127 e. The van der Waals surface area contributed by atoms with Gasteiger partial charge in [0.2, 0.25) is 0 Å². The third-order valence-corrected chi connectivity index (χ3v) is 3.95. The van der Waals surface area contributed by atoms with Crippen molar-refractivity contribution in [3.8, 4) is 5.75 Å². The van der Waals surface area contributed by atoms with Crippen LogP contribution in [0.2, 0.25) is 0 Å². The third kappa shape index (κ3) is 1.87. The van der Waals surface area contributed by atoms with Gasteiger partial charge in [0.15, 0.2) is 0 Å². The molecule has 3 heteroatoms. The van der Waals surface area contributed by atoms with Crippen molar-refractivity contribution in [2.75, 3.05) is 13.7 Å². The number of fused-ring (bicyclic) bond motifs is 1. The lowest BCUT2D eigenvalue weighted by molar-refractivity contribution is 0.0993. The minimum absolute atomic E-state index is 0.170. The Balaban J connectivity index is 2.43. The molecule has 0 amide bonds. The summed E-state index contributed by atoms with van der Waals surface area (Å²) in [5, 5.41) is 0. The molecule has 0 aromatic heterocycles. The fourth-order valence-corrected chi connectivity index (χ4v) is 2.77. The Bertz CT molecular complexity index is 386. The molecule has 0 fully saturated rings. The van der Waals surface area contributed by atoms with Crippen LogP contribution in [0.3, 0.4) is 0 Å². The molecule has 0 saturated carbocycles. The highest BCUT2D eigenvalue weighted by atomic mass is 79.9. The summed E-state index contributed by atoms with van der Waals surface area (Å²) in [7, 11) is 1.76. The molecule has 0 radical (unpaired) electrons. The molecular weight excluding hydrogens is 268 g/mol. The summed E-state index contributed by atoms with van der Waals surface area (Å²) in [5.74, 6) is 1.04. The largest absolute Gasteiger partial charge is 0.491 e. The van der Waals surface area contributed by atoms with Crippen LogP contribution < -0.4 is 4.74 Å². The molecule has 0 saturated heterocycles. The molecule has 2 rings (SSSR count). The van der Waals surface area contributed by atoms with Crippen LogP contribution >= 0.6 is 15.9 Å². The summed E-state index contributed by atoms with van der Waals surface area (Å²) >= 11 is 3.61. The first kappa shape index (κ1) is 11.9. The Kier molecular flexibility index (Phi) is 3.55. The molecule has 1 heterocycles. The monoisotopic (exact) mass is 284 g/mol. The lowest BCUT2D eigenvalue weighted by Crippen LogP contribution is -2.03. The highest BCUT2D eigenvalue weighted by molar-refractivity contribution is 9.09. The number of hydrogen-bond acceptors (Lipinski definition) is 2. The normalized spacial score (nSPS) is 20.4. The minimum atomic E-state index is 0.170. The molecule has 16 heavy (non-hydrogen) atoms. The van der Waals surface area contributed by atoms with Gasteiger partial charge in [-0.1, -0.05) is 35.0 Å². The van der Waals surface area contributed by atoms with E-state index in [1.165, 1.54) is 16.7 Å². The van der Waals surface area contributed by atoms with Gasteiger partial charge in [-0.3, -0.25) is 0 Å². The first-order valence-corrected chi connectivity index (χ1v) is 6.53. The van der Waals surface area contributed by atoms with Crippen LogP contribution in [-0.2, 0) is 4.74 Å². The Morgan fingerprint density at radius 2 is 2.31 bits per heavy atom. The first-order valence-electron chi connectivity index (χ1n) is 5.62. The smallest absolute Gasteiger partial charge is 0.127 e. The zero-order valence-corrected chi connectivity index (χ0v) is 11.5. The van der Waals surface area contributed by atoms with Gasteiger partial charge in [-0.2, -0.15) is 0 Å². The molecule has 2 atom stereocenters. The molecule has 0 spiro atoms. The van der Waals surface area contributed by atoms with Gasteiger partial charge in [0.05, 0.1) is 10.9 Å². The topological polar surface area (TPSA) is 18.5 Å². The van der Waals surface area contributed by atoms with Gasteiger partial charge in [-0.05, 0) is 24.5 Å². The van der Waals surface area contributed by atoms with E-state index in [1.807, 2.05) is 0 Å². The Hall–Kier alpha value is -0.540. The second-order valence-electron chi connectivity index (χ2n) is 4.11. The predicted octanol–water partition coefficient (Wildman–Crippen LogP) is 3.92. The molecule has 88 valence electrons. The zero-order valence-electron chi connectivity index (χ0n) is 9.92. The predicted molar refractivity (Wildman–Crippen MR) is 68.4 cm³/mol. The Labute approximate surface area is 105 Å². The van der Waals surface area contributed by atoms with E-state index in [4.69, 9.17) is 9.47 Å². The van der Waals surface area contributed by atoms with Gasteiger partial charge in [-0.25, -0.2) is 0 Å². The third-order valence-electron chi connectivity index (χ3n) is 3.19. The number of methoxy groups -OCH3 is 1. The molecule has 1 aliphatic rings. The standard InChI is InChI=1S/C13H17BrO2/c1-4-12(15-3)9-5-6-10-11(14)7-16-13(10)8(9)2/h5-6,11-12H,4,7H2,1-3H3. The van der Waals surface area contributed by atoms with Crippen molar-refractivity contribution in [1.82, 2.24) is 0 Å². The van der Waals surface area contributed by atoms with Crippen LogP contribution in [-0.4, -0.2) is 13.7 Å². The maximum atomic E-state index is 5.72. The average molecular weight is 285 g/mol. The van der Waals surface area contributed by atoms with Crippen molar-refractivity contribution in [2.45, 2.75) is 31.2 Å². The van der Waals surface area contributed by atoms with E-state index in [2.05, 4.69) is 41.9 Å². The van der Waals surface area contributed by atoms with Crippen LogP contribution in [0.15, 0.2) is 12.1 Å². The van der Waals surface area contributed by atoms with Gasteiger partial charge in [0, 0.05) is 12.7 Å². The quantitative estimate of drug-likeness (QED) is 0.784. The number of hydrogen-bond donors (Lipinski definition) is 0. The molecule has 0 bridgehead atoms. The summed E-state index contributed by atoms with van der Waals surface area (Å²) in [6.45, 7) is 4.97. The number of benzene rings is 1. The van der Waals surface area contributed by atoms with Crippen LogP contribution in [0.25, 0.3) is 0 Å². The molecule has 2 unspecified atom stereocenters. The van der Waals surface area contributed by atoms with Gasteiger partial charge in [0.25, 0.3) is 0 Å². The summed E-state index contributed by atoms with van der Waals surface area (Å²) in [4.78, 5) is 0.331. The minimum Gasteiger partial charge on any atom is -0.491 e. The van der Waals surface area contributed by atoms with Crippen molar-refractivity contribution in [1.29, 1.82) is 0 Å². The number of alkyl halides is 1. The van der Waals surface area contributed by atoms with E-state index in [0.717, 1.165) is 18.8 Å². The lowest BCUT2D eigenvalue weighted by atomic mass is 9.97. The number of halogens is 1. The second-order valence-corrected chi connectivity index (χ2v) is 5.21. The van der Waals surface area contributed by atoms with E-state index < -0.39 is 0 Å². The van der Waals surface area contributed by atoms with Crippen molar-refractivity contribution >= 4 is 15.9 Å². The second kappa shape index (κ2) is 4.76. The molecular formula is C13H17BrO2. The fraction of sp³-hybridized carbons (Fsp3) is 0.538. The summed E-state index contributed by atoms with van der Waals surface area (Å²) in [5.41, 5.74) is 3.71. The van der Waals surface area contributed by atoms with E-state index in [9.17, 15) is 0 Å². The molecule has 1 aliphatic heterocycles. The Morgan fingerprint density at radius 1 is 1.56 bits per heavy atom. The fourth-order valence-electron chi connectivity index (χ4n) is 2.27. The summed E-state index contributed by atoms with van der Waals surface area (Å²) < 4.78 is 11.2. The molecule has 2 nitrogen and oxygen atoms in total. The number of rotatable bonds is 3. The molecule has 1 aromatic rings. The van der Waals surface area contributed by atoms with Crippen LogP contribution in [0.1, 0.15) is 41.0 Å². The van der Waals surface area contributed by atoms with Crippen LogP contribution in [0.4, 0.5) is 0 Å². The lowest BCUT2D eigenvalue weighted by Gasteiger charge is -2.18. The SMILES string of the molecule is CCC(OC)c1ccc2c(c1C)OCC2Br. The van der Waals surface area contributed by atoms with Crippen molar-refractivity contribution in [3.63, 3.8) is 0 Å². The molecule has 1 aromatic carbocycles.